The lowest BCUT2D eigenvalue weighted by Crippen LogP contribution is -2.38. The second-order valence-corrected chi connectivity index (χ2v) is 9.21. The summed E-state index contributed by atoms with van der Waals surface area (Å²) in [6, 6.07) is 28.9. The number of sulfonamides is 1. The van der Waals surface area contributed by atoms with Gasteiger partial charge in [-0.25, -0.2) is 8.42 Å². The Morgan fingerprint density at radius 3 is 1.77 bits per heavy atom. The molecule has 5 nitrogen and oxygen atoms in total. The van der Waals surface area contributed by atoms with Gasteiger partial charge in [0.05, 0.1) is 19.0 Å². The fourth-order valence-corrected chi connectivity index (χ4v) is 4.07. The van der Waals surface area contributed by atoms with Crippen LogP contribution in [-0.4, -0.2) is 43.3 Å². The molecule has 0 fully saturated rings. The predicted octanol–water partition coefficient (Wildman–Crippen LogP) is 3.62. The summed E-state index contributed by atoms with van der Waals surface area (Å²) in [6.07, 6.45) is -0.151. The number of hydrogen-bond acceptors (Lipinski definition) is 4. The highest BCUT2D eigenvalue weighted by Crippen LogP contribution is 2.26. The van der Waals surface area contributed by atoms with Crippen LogP contribution in [0.1, 0.15) is 22.8 Å². The van der Waals surface area contributed by atoms with Crippen LogP contribution in [0, 0.1) is 0 Å². The zero-order valence-corrected chi connectivity index (χ0v) is 17.8. The fourth-order valence-electron chi connectivity index (χ4n) is 3.24. The summed E-state index contributed by atoms with van der Waals surface area (Å²) in [7, 11) is -3.48. The highest BCUT2D eigenvalue weighted by atomic mass is 32.2. The van der Waals surface area contributed by atoms with Crippen molar-refractivity contribution in [2.75, 3.05) is 19.4 Å². The summed E-state index contributed by atoms with van der Waals surface area (Å²) in [5.74, 6) is 0. The van der Waals surface area contributed by atoms with Crippen LogP contribution in [0.4, 0.5) is 0 Å². The van der Waals surface area contributed by atoms with Crippen LogP contribution in [0.5, 0.6) is 0 Å². The molecule has 0 amide bonds. The largest absolute Gasteiger partial charge is 0.389 e. The van der Waals surface area contributed by atoms with Crippen LogP contribution in [0.15, 0.2) is 91.0 Å². The monoisotopic (exact) mass is 425 g/mol. The van der Waals surface area contributed by atoms with Crippen molar-refractivity contribution in [3.63, 3.8) is 0 Å². The standard InChI is InChI=1S/C24H27NO4S/c1-30(27,28)25(17-20-11-5-2-6-12-20)18-23(26)19-29-24(21-13-7-3-8-14-21)22-15-9-4-10-16-22/h2-16,23-24,26H,17-19H2,1H3/t23-/m0/s1. The van der Waals surface area contributed by atoms with Crippen LogP contribution in [-0.2, 0) is 21.3 Å². The van der Waals surface area contributed by atoms with E-state index in [9.17, 15) is 13.5 Å². The van der Waals surface area contributed by atoms with Crippen molar-refractivity contribution in [1.82, 2.24) is 4.31 Å². The number of ether oxygens (including phenoxy) is 1. The average molecular weight is 426 g/mol. The molecule has 0 radical (unpaired) electrons. The lowest BCUT2D eigenvalue weighted by molar-refractivity contribution is -0.000720. The molecule has 3 rings (SSSR count). The zero-order chi connectivity index (χ0) is 21.4. The zero-order valence-electron chi connectivity index (χ0n) is 17.0. The van der Waals surface area contributed by atoms with E-state index in [2.05, 4.69) is 0 Å². The van der Waals surface area contributed by atoms with E-state index < -0.39 is 16.1 Å². The normalized spacial score (nSPS) is 12.9. The smallest absolute Gasteiger partial charge is 0.211 e. The van der Waals surface area contributed by atoms with E-state index >= 15 is 0 Å². The lowest BCUT2D eigenvalue weighted by atomic mass is 10.0. The maximum Gasteiger partial charge on any atom is 0.211 e. The molecule has 3 aromatic rings. The van der Waals surface area contributed by atoms with Gasteiger partial charge in [0.15, 0.2) is 0 Å². The minimum absolute atomic E-state index is 0.00919. The van der Waals surface area contributed by atoms with Crippen LogP contribution in [0.3, 0.4) is 0 Å². The molecule has 0 saturated heterocycles. The van der Waals surface area contributed by atoms with Gasteiger partial charge in [-0.3, -0.25) is 0 Å². The number of rotatable bonds is 10. The molecule has 6 heteroatoms. The first kappa shape index (κ1) is 22.2. The molecular weight excluding hydrogens is 398 g/mol. The Morgan fingerprint density at radius 1 is 0.833 bits per heavy atom. The van der Waals surface area contributed by atoms with Gasteiger partial charge in [0.25, 0.3) is 0 Å². The first-order valence-electron chi connectivity index (χ1n) is 9.82. The Balaban J connectivity index is 1.69. The fraction of sp³-hybridized carbons (Fsp3) is 0.250. The molecule has 0 aliphatic heterocycles. The first-order valence-corrected chi connectivity index (χ1v) is 11.7. The Labute approximate surface area is 178 Å². The molecule has 30 heavy (non-hydrogen) atoms. The number of benzene rings is 3. The van der Waals surface area contributed by atoms with Crippen molar-refractivity contribution in [2.45, 2.75) is 18.8 Å². The number of hydrogen-bond donors (Lipinski definition) is 1. The Morgan fingerprint density at radius 2 is 1.30 bits per heavy atom. The molecule has 0 saturated carbocycles. The van der Waals surface area contributed by atoms with Crippen LogP contribution in [0.25, 0.3) is 0 Å². The molecule has 0 aliphatic carbocycles. The Kier molecular flexibility index (Phi) is 7.76. The molecule has 1 atom stereocenters. The van der Waals surface area contributed by atoms with E-state index in [1.807, 2.05) is 91.0 Å². The van der Waals surface area contributed by atoms with Gasteiger partial charge in [-0.1, -0.05) is 91.0 Å². The molecule has 0 spiro atoms. The first-order chi connectivity index (χ1) is 14.4. The van der Waals surface area contributed by atoms with Crippen LogP contribution >= 0.6 is 0 Å². The minimum Gasteiger partial charge on any atom is -0.389 e. The molecule has 3 aromatic carbocycles. The van der Waals surface area contributed by atoms with E-state index in [1.165, 1.54) is 4.31 Å². The van der Waals surface area contributed by atoms with E-state index in [4.69, 9.17) is 4.74 Å². The second kappa shape index (κ2) is 10.5. The second-order valence-electron chi connectivity index (χ2n) is 7.23. The molecule has 0 aromatic heterocycles. The molecule has 0 bridgehead atoms. The number of aliphatic hydroxyl groups excluding tert-OH is 1. The molecule has 0 heterocycles. The van der Waals surface area contributed by atoms with Crippen molar-refractivity contribution in [3.05, 3.63) is 108 Å². The lowest BCUT2D eigenvalue weighted by Gasteiger charge is -2.25. The van der Waals surface area contributed by atoms with Crippen molar-refractivity contribution in [1.29, 1.82) is 0 Å². The average Bonchev–Trinajstić information content (AvgIpc) is 2.75. The number of nitrogens with zero attached hydrogens (tertiary/aromatic N) is 1. The summed E-state index contributed by atoms with van der Waals surface area (Å²) in [5, 5.41) is 10.6. The van der Waals surface area contributed by atoms with Gasteiger partial charge in [0.1, 0.15) is 6.10 Å². The summed E-state index contributed by atoms with van der Waals surface area (Å²) < 4.78 is 31.8. The summed E-state index contributed by atoms with van der Waals surface area (Å²) in [4.78, 5) is 0. The van der Waals surface area contributed by atoms with Gasteiger partial charge in [0.2, 0.25) is 10.0 Å². The van der Waals surface area contributed by atoms with Crippen molar-refractivity contribution >= 4 is 10.0 Å². The van der Waals surface area contributed by atoms with Crippen LogP contribution in [0.2, 0.25) is 0 Å². The summed E-state index contributed by atoms with van der Waals surface area (Å²) in [5.41, 5.74) is 2.81. The van der Waals surface area contributed by atoms with Crippen molar-refractivity contribution in [2.24, 2.45) is 0 Å². The minimum atomic E-state index is -3.48. The van der Waals surface area contributed by atoms with Gasteiger partial charge in [0, 0.05) is 13.1 Å². The van der Waals surface area contributed by atoms with E-state index in [-0.39, 0.29) is 25.8 Å². The van der Waals surface area contributed by atoms with E-state index in [1.54, 1.807) is 0 Å². The SMILES string of the molecule is CS(=O)(=O)N(Cc1ccccc1)C[C@H](O)COC(c1ccccc1)c1ccccc1. The molecule has 0 unspecified atom stereocenters. The summed E-state index contributed by atoms with van der Waals surface area (Å²) in [6.45, 7) is 0.177. The Bertz CT molecular complexity index is 956. The quantitative estimate of drug-likeness (QED) is 0.539. The third-order valence-electron chi connectivity index (χ3n) is 4.75. The molecule has 0 aliphatic rings. The maximum absolute atomic E-state index is 12.2. The Hall–Kier alpha value is -2.51. The van der Waals surface area contributed by atoms with Crippen molar-refractivity contribution < 1.29 is 18.3 Å². The predicted molar refractivity (Wildman–Crippen MR) is 118 cm³/mol. The van der Waals surface area contributed by atoms with Gasteiger partial charge < -0.3 is 9.84 Å². The molecule has 158 valence electrons. The van der Waals surface area contributed by atoms with Crippen LogP contribution < -0.4 is 0 Å². The summed E-state index contributed by atoms with van der Waals surface area (Å²) >= 11 is 0. The maximum atomic E-state index is 12.2. The van der Waals surface area contributed by atoms with E-state index in [0.29, 0.717) is 0 Å². The third kappa shape index (κ3) is 6.50. The van der Waals surface area contributed by atoms with Gasteiger partial charge in [-0.15, -0.1) is 0 Å². The highest BCUT2D eigenvalue weighted by molar-refractivity contribution is 7.88. The molecular formula is C24H27NO4S. The molecule has 1 N–H and O–H groups in total. The topological polar surface area (TPSA) is 66.8 Å². The van der Waals surface area contributed by atoms with Crippen molar-refractivity contribution in [3.8, 4) is 0 Å². The highest BCUT2D eigenvalue weighted by Gasteiger charge is 2.23. The van der Waals surface area contributed by atoms with Gasteiger partial charge in [-0.2, -0.15) is 4.31 Å². The van der Waals surface area contributed by atoms with E-state index in [0.717, 1.165) is 22.9 Å². The third-order valence-corrected chi connectivity index (χ3v) is 5.96. The van der Waals surface area contributed by atoms with Gasteiger partial charge in [-0.05, 0) is 16.7 Å². The number of aliphatic hydroxyl groups is 1. The van der Waals surface area contributed by atoms with Gasteiger partial charge >= 0.3 is 0 Å².